The van der Waals surface area contributed by atoms with Gasteiger partial charge in [0.1, 0.15) is 5.75 Å². The van der Waals surface area contributed by atoms with Crippen LogP contribution >= 0.6 is 0 Å². The van der Waals surface area contributed by atoms with Crippen molar-refractivity contribution in [1.82, 2.24) is 9.78 Å². The van der Waals surface area contributed by atoms with E-state index in [9.17, 15) is 5.11 Å². The van der Waals surface area contributed by atoms with Crippen LogP contribution in [0.4, 0.5) is 0 Å². The highest BCUT2D eigenvalue weighted by Gasteiger charge is 2.56. The summed E-state index contributed by atoms with van der Waals surface area (Å²) in [5.41, 5.74) is 6.36. The molecule has 2 saturated carbocycles. The number of aliphatic hydroxyl groups is 1. The zero-order valence-corrected chi connectivity index (χ0v) is 18.0. The Labute approximate surface area is 173 Å². The lowest BCUT2D eigenvalue weighted by Crippen LogP contribution is -2.44. The van der Waals surface area contributed by atoms with Crippen LogP contribution in [0.3, 0.4) is 0 Å². The molecule has 5 atom stereocenters. The number of benzene rings is 1. The molecule has 1 aromatic heterocycles. The minimum Gasteiger partial charge on any atom is -0.497 e. The molecule has 0 saturated heterocycles. The number of aromatic nitrogens is 2. The number of rotatable bonds is 2. The van der Waals surface area contributed by atoms with E-state index in [4.69, 9.17) is 4.74 Å². The van der Waals surface area contributed by atoms with Crippen molar-refractivity contribution >= 4 is 6.08 Å². The monoisotopic (exact) mass is 392 g/mol. The standard InChI is InChI=1S/C25H32N2O2/c1-15-18(14-27(3)26-15)11-17-13-23-22-7-5-16-12-19(29-4)6-8-20(16)21(22)9-10-25(23,2)24(17)28/h6,8,11-12,14,21-24,28H,5,7,9-10,13H2,1-4H3/b17-11+/t21-,22-,23+,24+,25+/m1/s1. The Morgan fingerprint density at radius 2 is 2.14 bits per heavy atom. The van der Waals surface area contributed by atoms with E-state index >= 15 is 0 Å². The summed E-state index contributed by atoms with van der Waals surface area (Å²) in [6, 6.07) is 6.66. The first kappa shape index (κ1) is 18.9. The second-order valence-corrected chi connectivity index (χ2v) is 9.69. The Bertz CT molecular complexity index is 975. The minimum absolute atomic E-state index is 0.00686. The molecule has 1 aromatic carbocycles. The minimum atomic E-state index is -0.342. The maximum Gasteiger partial charge on any atom is 0.119 e. The van der Waals surface area contributed by atoms with Crippen molar-refractivity contribution in [1.29, 1.82) is 0 Å². The highest BCUT2D eigenvalue weighted by Crippen LogP contribution is 2.62. The zero-order valence-electron chi connectivity index (χ0n) is 18.0. The lowest BCUT2D eigenvalue weighted by Gasteiger charge is -2.49. The Morgan fingerprint density at radius 1 is 1.31 bits per heavy atom. The van der Waals surface area contributed by atoms with Gasteiger partial charge in [-0.2, -0.15) is 5.10 Å². The van der Waals surface area contributed by atoms with Crippen molar-refractivity contribution in [3.8, 4) is 5.75 Å². The summed E-state index contributed by atoms with van der Waals surface area (Å²) in [4.78, 5) is 0. The number of ether oxygens (including phenoxy) is 1. The molecule has 3 aliphatic carbocycles. The van der Waals surface area contributed by atoms with Gasteiger partial charge in [-0.05, 0) is 91.7 Å². The molecule has 3 aliphatic rings. The van der Waals surface area contributed by atoms with Crippen molar-refractivity contribution in [2.24, 2.45) is 24.3 Å². The van der Waals surface area contributed by atoms with Crippen molar-refractivity contribution in [2.45, 2.75) is 58.0 Å². The predicted molar refractivity (Wildman–Crippen MR) is 115 cm³/mol. The maximum absolute atomic E-state index is 11.3. The molecule has 0 radical (unpaired) electrons. The summed E-state index contributed by atoms with van der Waals surface area (Å²) in [6.07, 6.45) is 9.56. The number of methoxy groups -OCH3 is 1. The molecule has 4 nitrogen and oxygen atoms in total. The van der Waals surface area contributed by atoms with Crippen LogP contribution in [0.15, 0.2) is 30.0 Å². The van der Waals surface area contributed by atoms with Crippen LogP contribution in [0.2, 0.25) is 0 Å². The Hall–Kier alpha value is -2.07. The van der Waals surface area contributed by atoms with E-state index in [1.165, 1.54) is 29.5 Å². The zero-order chi connectivity index (χ0) is 20.3. The number of nitrogens with zero attached hydrogens (tertiary/aromatic N) is 2. The molecule has 2 fully saturated rings. The Balaban J connectivity index is 1.47. The third kappa shape index (κ3) is 2.87. The fraction of sp³-hybridized carbons (Fsp3) is 0.560. The third-order valence-electron chi connectivity index (χ3n) is 8.20. The first-order valence-electron chi connectivity index (χ1n) is 11.0. The molecule has 1 heterocycles. The largest absolute Gasteiger partial charge is 0.497 e. The van der Waals surface area contributed by atoms with E-state index in [2.05, 4.69) is 42.5 Å². The molecule has 0 unspecified atom stereocenters. The van der Waals surface area contributed by atoms with Crippen LogP contribution in [0, 0.1) is 24.2 Å². The highest BCUT2D eigenvalue weighted by molar-refractivity contribution is 5.57. The van der Waals surface area contributed by atoms with Gasteiger partial charge in [-0.1, -0.05) is 13.0 Å². The molecule has 0 aliphatic heterocycles. The fourth-order valence-electron chi connectivity index (χ4n) is 6.64. The number of aliphatic hydroxyl groups excluding tert-OH is 1. The van der Waals surface area contributed by atoms with E-state index in [1.807, 2.05) is 18.7 Å². The van der Waals surface area contributed by atoms with Crippen LogP contribution in [0.5, 0.6) is 5.75 Å². The average Bonchev–Trinajstić information content (AvgIpc) is 3.17. The van der Waals surface area contributed by atoms with E-state index in [1.54, 1.807) is 7.11 Å². The topological polar surface area (TPSA) is 47.3 Å². The third-order valence-corrected chi connectivity index (χ3v) is 8.20. The predicted octanol–water partition coefficient (Wildman–Crippen LogP) is 4.65. The van der Waals surface area contributed by atoms with E-state index < -0.39 is 0 Å². The van der Waals surface area contributed by atoms with Crippen molar-refractivity contribution < 1.29 is 9.84 Å². The molecule has 2 aromatic rings. The summed E-state index contributed by atoms with van der Waals surface area (Å²) >= 11 is 0. The first-order chi connectivity index (χ1) is 13.9. The van der Waals surface area contributed by atoms with Gasteiger partial charge in [0.05, 0.1) is 18.9 Å². The van der Waals surface area contributed by atoms with Gasteiger partial charge in [0.15, 0.2) is 0 Å². The van der Waals surface area contributed by atoms with Crippen LogP contribution in [-0.2, 0) is 13.5 Å². The van der Waals surface area contributed by atoms with Gasteiger partial charge in [0.25, 0.3) is 0 Å². The molecular weight excluding hydrogens is 360 g/mol. The molecule has 4 heteroatoms. The number of aryl methyl sites for hydroxylation is 3. The second-order valence-electron chi connectivity index (χ2n) is 9.69. The van der Waals surface area contributed by atoms with Gasteiger partial charge in [-0.3, -0.25) is 4.68 Å². The molecule has 0 spiro atoms. The highest BCUT2D eigenvalue weighted by atomic mass is 16.5. The molecule has 1 N–H and O–H groups in total. The molecule has 29 heavy (non-hydrogen) atoms. The second kappa shape index (κ2) is 6.73. The van der Waals surface area contributed by atoms with E-state index in [0.717, 1.165) is 36.3 Å². The van der Waals surface area contributed by atoms with Gasteiger partial charge < -0.3 is 9.84 Å². The normalized spacial score (nSPS) is 34.6. The smallest absolute Gasteiger partial charge is 0.119 e. The van der Waals surface area contributed by atoms with Crippen molar-refractivity contribution in [2.75, 3.05) is 7.11 Å². The molecule has 0 bridgehead atoms. The molecule has 154 valence electrons. The fourth-order valence-corrected chi connectivity index (χ4v) is 6.64. The van der Waals surface area contributed by atoms with Gasteiger partial charge in [0, 0.05) is 24.2 Å². The van der Waals surface area contributed by atoms with Crippen molar-refractivity contribution in [3.05, 3.63) is 52.4 Å². The summed E-state index contributed by atoms with van der Waals surface area (Å²) in [5, 5.41) is 15.8. The number of hydrogen-bond acceptors (Lipinski definition) is 3. The summed E-state index contributed by atoms with van der Waals surface area (Å²) in [6.45, 7) is 4.38. The van der Waals surface area contributed by atoms with Gasteiger partial charge in [-0.15, -0.1) is 0 Å². The van der Waals surface area contributed by atoms with Gasteiger partial charge >= 0.3 is 0 Å². The van der Waals surface area contributed by atoms with E-state index in [0.29, 0.717) is 17.8 Å². The van der Waals surface area contributed by atoms with Gasteiger partial charge in [0.2, 0.25) is 0 Å². The molecule has 0 amide bonds. The molecular formula is C25H32N2O2. The van der Waals surface area contributed by atoms with Crippen LogP contribution in [0.1, 0.15) is 60.9 Å². The van der Waals surface area contributed by atoms with Crippen LogP contribution < -0.4 is 4.74 Å². The average molecular weight is 393 g/mol. The van der Waals surface area contributed by atoms with Crippen LogP contribution in [0.25, 0.3) is 6.08 Å². The van der Waals surface area contributed by atoms with E-state index in [-0.39, 0.29) is 11.5 Å². The SMILES string of the molecule is COc1ccc2c(c1)CC[C@@H]1[C@@H]2CC[C@]2(C)[C@@H](O)/C(=C/c3cn(C)nc3C)C[C@@H]12. The first-order valence-corrected chi connectivity index (χ1v) is 11.0. The summed E-state index contributed by atoms with van der Waals surface area (Å²) < 4.78 is 7.31. The van der Waals surface area contributed by atoms with Gasteiger partial charge in [-0.25, -0.2) is 0 Å². The Morgan fingerprint density at radius 3 is 2.86 bits per heavy atom. The lowest BCUT2D eigenvalue weighted by atomic mass is 9.55. The number of hydrogen-bond donors (Lipinski definition) is 1. The lowest BCUT2D eigenvalue weighted by molar-refractivity contribution is -0.0158. The maximum atomic E-state index is 11.3. The van der Waals surface area contributed by atoms with Crippen molar-refractivity contribution in [3.63, 3.8) is 0 Å². The summed E-state index contributed by atoms with van der Waals surface area (Å²) in [5.74, 6) is 2.80. The van der Waals surface area contributed by atoms with Crippen LogP contribution in [-0.4, -0.2) is 28.1 Å². The molecule has 5 rings (SSSR count). The Kier molecular flexibility index (Phi) is 4.39. The number of fused-ring (bicyclic) bond motifs is 5. The quantitative estimate of drug-likeness (QED) is 0.809. The summed E-state index contributed by atoms with van der Waals surface area (Å²) in [7, 11) is 3.71.